The first kappa shape index (κ1) is 18.5. The lowest BCUT2D eigenvalue weighted by molar-refractivity contribution is 0.323. The Balaban J connectivity index is 2.38. The third-order valence-corrected chi connectivity index (χ3v) is 4.94. The molecule has 24 heavy (non-hydrogen) atoms. The highest BCUT2D eigenvalue weighted by Crippen LogP contribution is 2.22. The van der Waals surface area contributed by atoms with Gasteiger partial charge in [0.2, 0.25) is 5.88 Å². The number of thioether (sulfide) groups is 1. The van der Waals surface area contributed by atoms with Gasteiger partial charge < -0.3 is 10.0 Å². The Labute approximate surface area is 147 Å². The van der Waals surface area contributed by atoms with Crippen molar-refractivity contribution in [1.29, 1.82) is 0 Å². The molecule has 2 rings (SSSR count). The summed E-state index contributed by atoms with van der Waals surface area (Å²) >= 11 is 1.50. The predicted molar refractivity (Wildman–Crippen MR) is 99.4 cm³/mol. The molecule has 6 heteroatoms. The lowest BCUT2D eigenvalue weighted by Crippen LogP contribution is -2.27. The molecule has 0 radical (unpaired) electrons. The van der Waals surface area contributed by atoms with Crippen LogP contribution < -0.4 is 5.56 Å². The lowest BCUT2D eigenvalue weighted by Gasteiger charge is -2.18. The van der Waals surface area contributed by atoms with E-state index in [2.05, 4.69) is 23.7 Å². The van der Waals surface area contributed by atoms with Gasteiger partial charge in [0.05, 0.1) is 11.3 Å². The van der Waals surface area contributed by atoms with Crippen LogP contribution in [0.2, 0.25) is 0 Å². The zero-order valence-corrected chi connectivity index (χ0v) is 15.3. The first-order valence-electron chi connectivity index (χ1n) is 8.37. The molecule has 5 nitrogen and oxygen atoms in total. The molecular weight excluding hydrogens is 322 g/mol. The van der Waals surface area contributed by atoms with Crippen molar-refractivity contribution < 1.29 is 5.11 Å². The van der Waals surface area contributed by atoms with E-state index in [1.165, 1.54) is 11.8 Å². The summed E-state index contributed by atoms with van der Waals surface area (Å²) < 4.78 is 1.60. The molecule has 0 fully saturated rings. The van der Waals surface area contributed by atoms with E-state index in [0.717, 1.165) is 31.1 Å². The smallest absolute Gasteiger partial charge is 0.265 e. The van der Waals surface area contributed by atoms with Crippen molar-refractivity contribution in [1.82, 2.24) is 14.5 Å². The minimum absolute atomic E-state index is 0.153. The molecule has 1 aromatic carbocycles. The number of para-hydroxylation sites is 1. The van der Waals surface area contributed by atoms with E-state index in [4.69, 9.17) is 0 Å². The summed E-state index contributed by atoms with van der Waals surface area (Å²) in [5.74, 6) is 0.659. The van der Waals surface area contributed by atoms with Crippen LogP contribution >= 0.6 is 11.8 Å². The van der Waals surface area contributed by atoms with Gasteiger partial charge in [-0.05, 0) is 31.6 Å². The Bertz CT molecular complexity index is 712. The quantitative estimate of drug-likeness (QED) is 0.588. The van der Waals surface area contributed by atoms with E-state index in [-0.39, 0.29) is 11.4 Å². The fourth-order valence-corrected chi connectivity index (χ4v) is 3.54. The van der Waals surface area contributed by atoms with E-state index in [1.54, 1.807) is 4.57 Å². The summed E-state index contributed by atoms with van der Waals surface area (Å²) in [6.45, 7) is 9.02. The highest BCUT2D eigenvalue weighted by Gasteiger charge is 2.16. The minimum atomic E-state index is -0.193. The summed E-state index contributed by atoms with van der Waals surface area (Å²) in [7, 11) is 0. The van der Waals surface area contributed by atoms with Gasteiger partial charge in [0.15, 0.2) is 5.16 Å². The maximum Gasteiger partial charge on any atom is 0.265 e. The Hall–Kier alpha value is -1.79. The van der Waals surface area contributed by atoms with Gasteiger partial charge >= 0.3 is 0 Å². The molecule has 0 aliphatic rings. The van der Waals surface area contributed by atoms with Gasteiger partial charge in [-0.2, -0.15) is 4.98 Å². The van der Waals surface area contributed by atoms with Crippen molar-refractivity contribution in [2.45, 2.75) is 32.3 Å². The fraction of sp³-hybridized carbons (Fsp3) is 0.444. The topological polar surface area (TPSA) is 58.4 Å². The molecule has 0 amide bonds. The SMILES string of the molecule is CCc1c(O)nc(SCCN(CC)CC)n(-c2ccccc2)c1=O. The average Bonchev–Trinajstić information content (AvgIpc) is 2.59. The molecule has 0 saturated heterocycles. The molecule has 0 aliphatic carbocycles. The Morgan fingerprint density at radius 3 is 2.42 bits per heavy atom. The average molecular weight is 347 g/mol. The zero-order valence-electron chi connectivity index (χ0n) is 14.5. The fourth-order valence-electron chi connectivity index (χ4n) is 2.54. The molecule has 1 heterocycles. The van der Waals surface area contributed by atoms with Crippen LogP contribution in [0.4, 0.5) is 0 Å². The number of nitrogens with zero attached hydrogens (tertiary/aromatic N) is 3. The van der Waals surface area contributed by atoms with Crippen LogP contribution in [0.3, 0.4) is 0 Å². The monoisotopic (exact) mass is 347 g/mol. The van der Waals surface area contributed by atoms with Gasteiger partial charge in [-0.25, -0.2) is 0 Å². The van der Waals surface area contributed by atoms with Crippen LogP contribution in [0.1, 0.15) is 26.3 Å². The first-order valence-corrected chi connectivity index (χ1v) is 9.36. The summed E-state index contributed by atoms with van der Waals surface area (Å²) in [6, 6.07) is 9.47. The molecule has 0 saturated carbocycles. The van der Waals surface area contributed by atoms with Gasteiger partial charge in [-0.15, -0.1) is 0 Å². The maximum atomic E-state index is 12.8. The Morgan fingerprint density at radius 2 is 1.83 bits per heavy atom. The van der Waals surface area contributed by atoms with Crippen LogP contribution in [0.5, 0.6) is 5.88 Å². The Kier molecular flexibility index (Phi) is 6.87. The van der Waals surface area contributed by atoms with Crippen LogP contribution in [0.25, 0.3) is 5.69 Å². The van der Waals surface area contributed by atoms with E-state index in [0.29, 0.717) is 17.1 Å². The third kappa shape index (κ3) is 4.19. The summed E-state index contributed by atoms with van der Waals surface area (Å²) in [4.78, 5) is 19.4. The molecular formula is C18H25N3O2S. The van der Waals surface area contributed by atoms with Gasteiger partial charge in [0.1, 0.15) is 0 Å². The highest BCUT2D eigenvalue weighted by atomic mass is 32.2. The van der Waals surface area contributed by atoms with E-state index >= 15 is 0 Å². The lowest BCUT2D eigenvalue weighted by atomic mass is 10.2. The maximum absolute atomic E-state index is 12.8. The molecule has 0 atom stereocenters. The number of benzene rings is 1. The summed E-state index contributed by atoms with van der Waals surface area (Å²) in [5, 5.41) is 10.6. The van der Waals surface area contributed by atoms with E-state index < -0.39 is 0 Å². The van der Waals surface area contributed by atoms with Crippen molar-refractivity contribution in [2.24, 2.45) is 0 Å². The predicted octanol–water partition coefficient (Wildman–Crippen LogP) is 2.93. The number of aromatic nitrogens is 2. The zero-order chi connectivity index (χ0) is 17.5. The number of hydrogen-bond donors (Lipinski definition) is 1. The second-order valence-corrected chi connectivity index (χ2v) is 6.46. The molecule has 0 spiro atoms. The van der Waals surface area contributed by atoms with E-state index in [9.17, 15) is 9.90 Å². The number of rotatable bonds is 8. The number of hydrogen-bond acceptors (Lipinski definition) is 5. The summed E-state index contributed by atoms with van der Waals surface area (Å²) in [5.41, 5.74) is 0.934. The van der Waals surface area contributed by atoms with Crippen molar-refractivity contribution >= 4 is 11.8 Å². The highest BCUT2D eigenvalue weighted by molar-refractivity contribution is 7.99. The normalized spacial score (nSPS) is 11.2. The van der Waals surface area contributed by atoms with Crippen LogP contribution in [-0.2, 0) is 6.42 Å². The molecule has 1 aromatic heterocycles. The third-order valence-electron chi connectivity index (χ3n) is 4.03. The van der Waals surface area contributed by atoms with Gasteiger partial charge in [-0.1, -0.05) is 50.7 Å². The molecule has 1 N–H and O–H groups in total. The summed E-state index contributed by atoms with van der Waals surface area (Å²) in [6.07, 6.45) is 0.453. The van der Waals surface area contributed by atoms with Crippen LogP contribution in [0.15, 0.2) is 40.3 Å². The van der Waals surface area contributed by atoms with Gasteiger partial charge in [-0.3, -0.25) is 9.36 Å². The number of aromatic hydroxyl groups is 1. The van der Waals surface area contributed by atoms with Crippen molar-refractivity contribution in [3.63, 3.8) is 0 Å². The van der Waals surface area contributed by atoms with Crippen molar-refractivity contribution in [3.8, 4) is 11.6 Å². The molecule has 130 valence electrons. The molecule has 0 bridgehead atoms. The van der Waals surface area contributed by atoms with Crippen LogP contribution in [-0.4, -0.2) is 44.9 Å². The standard InChI is InChI=1S/C18H25N3O2S/c1-4-15-16(22)19-18(24-13-12-20(5-2)6-3)21(17(15)23)14-10-8-7-9-11-14/h7-11,22H,4-6,12-13H2,1-3H3. The molecule has 0 aliphatic heterocycles. The van der Waals surface area contributed by atoms with Crippen molar-refractivity contribution in [2.75, 3.05) is 25.4 Å². The van der Waals surface area contributed by atoms with Crippen LogP contribution in [0, 0.1) is 0 Å². The largest absolute Gasteiger partial charge is 0.493 e. The minimum Gasteiger partial charge on any atom is -0.493 e. The van der Waals surface area contributed by atoms with Crippen molar-refractivity contribution in [3.05, 3.63) is 46.2 Å². The second kappa shape index (κ2) is 8.89. The van der Waals surface area contributed by atoms with Gasteiger partial charge in [0.25, 0.3) is 5.56 Å². The van der Waals surface area contributed by atoms with Gasteiger partial charge in [0, 0.05) is 12.3 Å². The van der Waals surface area contributed by atoms with E-state index in [1.807, 2.05) is 37.3 Å². The Morgan fingerprint density at radius 1 is 1.17 bits per heavy atom. The first-order chi connectivity index (χ1) is 11.6. The second-order valence-electron chi connectivity index (χ2n) is 5.40. The molecule has 0 unspecified atom stereocenters. The molecule has 2 aromatic rings.